The van der Waals surface area contributed by atoms with Crippen LogP contribution in [0.3, 0.4) is 0 Å². The normalized spacial score (nSPS) is 11.8. The van der Waals surface area contributed by atoms with Gasteiger partial charge in [0.25, 0.3) is 10.0 Å². The van der Waals surface area contributed by atoms with Gasteiger partial charge < -0.3 is 19.7 Å². The summed E-state index contributed by atoms with van der Waals surface area (Å²) in [6.45, 7) is 3.21. The van der Waals surface area contributed by atoms with Crippen LogP contribution in [0.1, 0.15) is 25.0 Å². The molecular weight excluding hydrogens is 590 g/mol. The number of anilines is 1. The van der Waals surface area contributed by atoms with Crippen LogP contribution in [0, 0.1) is 0 Å². The molecule has 0 aliphatic carbocycles. The zero-order chi connectivity index (χ0) is 32.4. The maximum Gasteiger partial charge on any atom is 0.264 e. The molecule has 45 heavy (non-hydrogen) atoms. The van der Waals surface area contributed by atoms with Crippen molar-refractivity contribution in [2.45, 2.75) is 43.8 Å². The third-order valence-corrected chi connectivity index (χ3v) is 8.95. The number of hydrogen-bond donors (Lipinski definition) is 1. The van der Waals surface area contributed by atoms with Crippen molar-refractivity contribution in [3.05, 3.63) is 120 Å². The van der Waals surface area contributed by atoms with E-state index >= 15 is 0 Å². The van der Waals surface area contributed by atoms with E-state index in [1.54, 1.807) is 61.7 Å². The lowest BCUT2D eigenvalue weighted by Crippen LogP contribution is -2.54. The van der Waals surface area contributed by atoms with Gasteiger partial charge in [0.15, 0.2) is 0 Å². The van der Waals surface area contributed by atoms with Crippen molar-refractivity contribution >= 4 is 27.5 Å². The summed E-state index contributed by atoms with van der Waals surface area (Å²) in [6, 6.07) is 30.0. The molecule has 0 fully saturated rings. The molecule has 9 nitrogen and oxygen atoms in total. The number of hydrogen-bond acceptors (Lipinski definition) is 6. The molecule has 4 aromatic carbocycles. The predicted octanol–water partition coefficient (Wildman–Crippen LogP) is 5.06. The molecule has 1 N–H and O–H groups in total. The number of nitrogens with one attached hydrogen (secondary N) is 1. The van der Waals surface area contributed by atoms with Gasteiger partial charge >= 0.3 is 0 Å². The van der Waals surface area contributed by atoms with Gasteiger partial charge in [0, 0.05) is 19.0 Å². The topological polar surface area (TPSA) is 105 Å². The Balaban J connectivity index is 1.79. The van der Waals surface area contributed by atoms with Gasteiger partial charge in [-0.3, -0.25) is 13.9 Å². The number of para-hydroxylation sites is 1. The molecule has 0 saturated carbocycles. The van der Waals surface area contributed by atoms with E-state index in [-0.39, 0.29) is 29.8 Å². The highest BCUT2D eigenvalue weighted by atomic mass is 32.2. The van der Waals surface area contributed by atoms with E-state index in [1.165, 1.54) is 24.1 Å². The quantitative estimate of drug-likeness (QED) is 0.209. The molecule has 1 atom stereocenters. The molecule has 0 aliphatic rings. The van der Waals surface area contributed by atoms with Gasteiger partial charge in [-0.25, -0.2) is 8.42 Å². The van der Waals surface area contributed by atoms with E-state index in [2.05, 4.69) is 5.32 Å². The highest BCUT2D eigenvalue weighted by molar-refractivity contribution is 7.92. The summed E-state index contributed by atoms with van der Waals surface area (Å²) in [5.41, 5.74) is 1.90. The number of carbonyl (C=O) groups excluding carboxylic acids is 2. The highest BCUT2D eigenvalue weighted by Crippen LogP contribution is 2.26. The Labute approximate surface area is 265 Å². The summed E-state index contributed by atoms with van der Waals surface area (Å²) in [6.07, 6.45) is 0.228. The second kappa shape index (κ2) is 15.3. The number of rotatable bonds is 14. The fourth-order valence-electron chi connectivity index (χ4n) is 4.90. The van der Waals surface area contributed by atoms with Crippen molar-refractivity contribution in [3.8, 4) is 11.5 Å². The van der Waals surface area contributed by atoms with Crippen LogP contribution in [0.15, 0.2) is 114 Å². The molecule has 2 amide bonds. The minimum absolute atomic E-state index is 0.00214. The van der Waals surface area contributed by atoms with Gasteiger partial charge in [-0.05, 0) is 73.5 Å². The number of methoxy groups -OCH3 is 2. The Bertz CT molecular complexity index is 1660. The van der Waals surface area contributed by atoms with E-state index in [0.717, 1.165) is 15.4 Å². The summed E-state index contributed by atoms with van der Waals surface area (Å²) in [4.78, 5) is 29.7. The lowest BCUT2D eigenvalue weighted by atomic mass is 10.0. The molecule has 0 aromatic heterocycles. The molecule has 0 aliphatic heterocycles. The molecular formula is C35H39N3O6S. The fourth-order valence-corrected chi connectivity index (χ4v) is 6.31. The largest absolute Gasteiger partial charge is 0.497 e. The zero-order valence-electron chi connectivity index (χ0n) is 25.9. The summed E-state index contributed by atoms with van der Waals surface area (Å²) < 4.78 is 39.9. The van der Waals surface area contributed by atoms with Gasteiger partial charge in [0.1, 0.15) is 24.1 Å². The second-order valence-electron chi connectivity index (χ2n) is 10.8. The molecule has 0 unspecified atom stereocenters. The second-order valence-corrected chi connectivity index (χ2v) is 12.6. The van der Waals surface area contributed by atoms with Crippen molar-refractivity contribution in [1.82, 2.24) is 10.2 Å². The van der Waals surface area contributed by atoms with Crippen molar-refractivity contribution in [2.24, 2.45) is 0 Å². The summed E-state index contributed by atoms with van der Waals surface area (Å²) in [5.74, 6) is 0.216. The molecule has 10 heteroatoms. The number of nitrogens with zero attached hydrogens (tertiary/aromatic N) is 2. The van der Waals surface area contributed by atoms with Crippen molar-refractivity contribution in [3.63, 3.8) is 0 Å². The molecule has 0 radical (unpaired) electrons. The van der Waals surface area contributed by atoms with Crippen LogP contribution in [0.4, 0.5) is 5.69 Å². The van der Waals surface area contributed by atoms with Crippen LogP contribution in [0.5, 0.6) is 11.5 Å². The first-order chi connectivity index (χ1) is 21.6. The van der Waals surface area contributed by atoms with E-state index in [1.807, 2.05) is 56.3 Å². The number of ether oxygens (including phenoxy) is 2. The standard InChI is InChI=1S/C35H39N3O6S/c1-26(2)36-35(40)33(23-27-12-7-5-8-13-27)37(24-28-14-11-17-31(22-28)44-4)34(39)25-38(29-15-9-6-10-16-29)45(41,42)32-20-18-30(43-3)19-21-32/h5-22,26,33H,23-25H2,1-4H3,(H,36,40)/t33-/m1/s1. The molecule has 0 spiro atoms. The molecule has 0 bridgehead atoms. The minimum atomic E-state index is -4.21. The van der Waals surface area contributed by atoms with E-state index in [4.69, 9.17) is 9.47 Å². The van der Waals surface area contributed by atoms with Crippen LogP contribution in [-0.4, -0.2) is 58.0 Å². The third kappa shape index (κ3) is 8.63. The Morgan fingerprint density at radius 3 is 1.96 bits per heavy atom. The van der Waals surface area contributed by atoms with Crippen LogP contribution in [-0.2, 0) is 32.6 Å². The summed E-state index contributed by atoms with van der Waals surface area (Å²) >= 11 is 0. The van der Waals surface area contributed by atoms with Gasteiger partial charge in [-0.15, -0.1) is 0 Å². The predicted molar refractivity (Wildman–Crippen MR) is 175 cm³/mol. The van der Waals surface area contributed by atoms with Crippen LogP contribution in [0.2, 0.25) is 0 Å². The molecule has 4 rings (SSSR count). The molecule has 0 heterocycles. The Morgan fingerprint density at radius 1 is 0.756 bits per heavy atom. The lowest BCUT2D eigenvalue weighted by molar-refractivity contribution is -0.140. The summed E-state index contributed by atoms with van der Waals surface area (Å²) in [7, 11) is -1.15. The molecule has 0 saturated heterocycles. The number of amides is 2. The van der Waals surface area contributed by atoms with Gasteiger partial charge in [-0.2, -0.15) is 0 Å². The average molecular weight is 630 g/mol. The minimum Gasteiger partial charge on any atom is -0.497 e. The lowest BCUT2D eigenvalue weighted by Gasteiger charge is -2.34. The van der Waals surface area contributed by atoms with E-state index in [9.17, 15) is 18.0 Å². The van der Waals surface area contributed by atoms with E-state index in [0.29, 0.717) is 17.2 Å². The van der Waals surface area contributed by atoms with Crippen LogP contribution in [0.25, 0.3) is 0 Å². The van der Waals surface area contributed by atoms with Crippen LogP contribution >= 0.6 is 0 Å². The molecule has 4 aromatic rings. The smallest absolute Gasteiger partial charge is 0.264 e. The fraction of sp³-hybridized carbons (Fsp3) is 0.257. The van der Waals surface area contributed by atoms with E-state index < -0.39 is 28.5 Å². The van der Waals surface area contributed by atoms with Gasteiger partial charge in [0.05, 0.1) is 24.8 Å². The highest BCUT2D eigenvalue weighted by Gasteiger charge is 2.34. The van der Waals surface area contributed by atoms with Crippen molar-refractivity contribution in [2.75, 3.05) is 25.1 Å². The van der Waals surface area contributed by atoms with Crippen molar-refractivity contribution in [1.29, 1.82) is 0 Å². The zero-order valence-corrected chi connectivity index (χ0v) is 26.7. The Morgan fingerprint density at radius 2 is 1.36 bits per heavy atom. The Hall–Kier alpha value is -4.83. The van der Waals surface area contributed by atoms with Gasteiger partial charge in [-0.1, -0.05) is 60.7 Å². The van der Waals surface area contributed by atoms with Gasteiger partial charge in [0.2, 0.25) is 11.8 Å². The first kappa shape index (κ1) is 33.1. The first-order valence-electron chi connectivity index (χ1n) is 14.6. The number of sulfonamides is 1. The monoisotopic (exact) mass is 629 g/mol. The molecule has 236 valence electrons. The maximum absolute atomic E-state index is 14.5. The maximum atomic E-state index is 14.5. The number of benzene rings is 4. The Kier molecular flexibility index (Phi) is 11.2. The first-order valence-corrected chi connectivity index (χ1v) is 16.0. The van der Waals surface area contributed by atoms with Crippen LogP contribution < -0.4 is 19.1 Å². The SMILES string of the molecule is COc1ccc(S(=O)(=O)N(CC(=O)N(Cc2cccc(OC)c2)[C@H](Cc2ccccc2)C(=O)NC(C)C)c2ccccc2)cc1. The third-order valence-electron chi connectivity index (χ3n) is 7.16. The number of carbonyl (C=O) groups is 2. The summed E-state index contributed by atoms with van der Waals surface area (Å²) in [5, 5.41) is 2.96. The van der Waals surface area contributed by atoms with Crippen molar-refractivity contribution < 1.29 is 27.5 Å². The average Bonchev–Trinajstić information content (AvgIpc) is 3.05.